The van der Waals surface area contributed by atoms with E-state index in [2.05, 4.69) is 45.7 Å². The van der Waals surface area contributed by atoms with Crippen LogP contribution in [0.25, 0.3) is 0 Å². The second kappa shape index (κ2) is 6.45. The molecule has 18 heavy (non-hydrogen) atoms. The lowest BCUT2D eigenvalue weighted by molar-refractivity contribution is 0.572. The highest BCUT2D eigenvalue weighted by atomic mass is 79.9. The molecular formula is C14H15BrFNS. The van der Waals surface area contributed by atoms with Crippen LogP contribution in [0.3, 0.4) is 0 Å². The Balaban J connectivity index is 1.89. The Morgan fingerprint density at radius 2 is 2.22 bits per heavy atom. The third kappa shape index (κ3) is 3.64. The van der Waals surface area contributed by atoms with Crippen molar-refractivity contribution in [2.75, 3.05) is 6.54 Å². The van der Waals surface area contributed by atoms with E-state index in [-0.39, 0.29) is 11.9 Å². The van der Waals surface area contributed by atoms with Crippen molar-refractivity contribution in [2.24, 2.45) is 0 Å². The lowest BCUT2D eigenvalue weighted by atomic mass is 10.1. The van der Waals surface area contributed by atoms with Crippen LogP contribution in [0.2, 0.25) is 0 Å². The summed E-state index contributed by atoms with van der Waals surface area (Å²) in [6.07, 6.45) is 1.03. The lowest BCUT2D eigenvalue weighted by Crippen LogP contribution is -2.21. The Kier molecular flexibility index (Phi) is 4.92. The number of rotatable bonds is 5. The minimum Gasteiger partial charge on any atom is -0.310 e. The normalized spacial score (nSPS) is 12.6. The fourth-order valence-electron chi connectivity index (χ4n) is 1.83. The molecule has 0 fully saturated rings. The van der Waals surface area contributed by atoms with Gasteiger partial charge in [0.05, 0.1) is 0 Å². The van der Waals surface area contributed by atoms with Crippen molar-refractivity contribution in [3.8, 4) is 0 Å². The van der Waals surface area contributed by atoms with E-state index in [1.807, 2.05) is 6.07 Å². The van der Waals surface area contributed by atoms with Gasteiger partial charge in [-0.15, -0.1) is 11.3 Å². The molecule has 1 atom stereocenters. The molecule has 2 rings (SSSR count). The molecule has 96 valence electrons. The van der Waals surface area contributed by atoms with Crippen LogP contribution in [0.4, 0.5) is 4.39 Å². The topological polar surface area (TPSA) is 12.0 Å². The summed E-state index contributed by atoms with van der Waals surface area (Å²) in [5.74, 6) is -0.212. The van der Waals surface area contributed by atoms with E-state index in [1.165, 1.54) is 17.0 Å². The Hall–Kier alpha value is -0.710. The van der Waals surface area contributed by atoms with Crippen LogP contribution in [0.5, 0.6) is 0 Å². The molecule has 1 N–H and O–H groups in total. The van der Waals surface area contributed by atoms with E-state index in [0.717, 1.165) is 23.0 Å². The molecule has 0 saturated carbocycles. The molecule has 0 bridgehead atoms. The number of hydrogen-bond acceptors (Lipinski definition) is 2. The van der Waals surface area contributed by atoms with Crippen molar-refractivity contribution in [3.63, 3.8) is 0 Å². The average Bonchev–Trinajstić information content (AvgIpc) is 2.81. The molecule has 0 amide bonds. The van der Waals surface area contributed by atoms with Crippen molar-refractivity contribution in [1.29, 1.82) is 0 Å². The lowest BCUT2D eigenvalue weighted by Gasteiger charge is -2.15. The Morgan fingerprint density at radius 3 is 2.89 bits per heavy atom. The number of thiophene rings is 1. The largest absolute Gasteiger partial charge is 0.310 e. The van der Waals surface area contributed by atoms with Gasteiger partial charge >= 0.3 is 0 Å². The minimum absolute atomic E-state index is 0.208. The summed E-state index contributed by atoms with van der Waals surface area (Å²) >= 11 is 5.18. The highest BCUT2D eigenvalue weighted by Crippen LogP contribution is 2.24. The SMILES string of the molecule is CC(NCCc1cccs1)c1ccc(F)cc1Br. The molecule has 2 aromatic rings. The van der Waals surface area contributed by atoms with Crippen LogP contribution in [0, 0.1) is 5.82 Å². The molecule has 1 nitrogen and oxygen atoms in total. The maximum Gasteiger partial charge on any atom is 0.124 e. The van der Waals surface area contributed by atoms with Gasteiger partial charge < -0.3 is 5.32 Å². The maximum absolute atomic E-state index is 13.0. The molecule has 0 aliphatic rings. The van der Waals surface area contributed by atoms with E-state index in [0.29, 0.717) is 0 Å². The summed E-state index contributed by atoms with van der Waals surface area (Å²) < 4.78 is 13.8. The van der Waals surface area contributed by atoms with Gasteiger partial charge in [-0.1, -0.05) is 28.1 Å². The first-order chi connectivity index (χ1) is 8.66. The summed E-state index contributed by atoms with van der Waals surface area (Å²) in [6.45, 7) is 3.01. The standard InChI is InChI=1S/C14H15BrFNS/c1-10(13-5-4-11(16)9-14(13)15)17-7-6-12-3-2-8-18-12/h2-5,8-10,17H,6-7H2,1H3. The van der Waals surface area contributed by atoms with Crippen LogP contribution in [0.15, 0.2) is 40.2 Å². The summed E-state index contributed by atoms with van der Waals surface area (Å²) in [4.78, 5) is 1.38. The van der Waals surface area contributed by atoms with E-state index >= 15 is 0 Å². The smallest absolute Gasteiger partial charge is 0.124 e. The quantitative estimate of drug-likeness (QED) is 0.849. The van der Waals surface area contributed by atoms with Gasteiger partial charge in [-0.3, -0.25) is 0 Å². The van der Waals surface area contributed by atoms with Gasteiger partial charge in [0, 0.05) is 21.9 Å². The monoisotopic (exact) mass is 327 g/mol. The molecule has 0 spiro atoms. The first-order valence-corrected chi connectivity index (χ1v) is 7.55. The molecule has 0 aliphatic carbocycles. The van der Waals surface area contributed by atoms with Gasteiger partial charge in [0.15, 0.2) is 0 Å². The predicted octanol–water partition coefficient (Wildman–Crippen LogP) is 4.54. The van der Waals surface area contributed by atoms with Gasteiger partial charge in [-0.05, 0) is 42.5 Å². The maximum atomic E-state index is 13.0. The summed E-state index contributed by atoms with van der Waals surface area (Å²) in [6, 6.07) is 9.25. The van der Waals surface area contributed by atoms with Gasteiger partial charge in [0.1, 0.15) is 5.82 Å². The number of halogens is 2. The van der Waals surface area contributed by atoms with Crippen molar-refractivity contribution >= 4 is 27.3 Å². The minimum atomic E-state index is -0.212. The van der Waals surface area contributed by atoms with E-state index in [9.17, 15) is 4.39 Å². The number of benzene rings is 1. The van der Waals surface area contributed by atoms with Crippen LogP contribution < -0.4 is 5.32 Å². The van der Waals surface area contributed by atoms with E-state index in [4.69, 9.17) is 0 Å². The first kappa shape index (κ1) is 13.7. The van der Waals surface area contributed by atoms with Gasteiger partial charge in [-0.2, -0.15) is 0 Å². The number of nitrogens with one attached hydrogen (secondary N) is 1. The Labute approximate surface area is 119 Å². The van der Waals surface area contributed by atoms with Crippen molar-refractivity contribution in [1.82, 2.24) is 5.32 Å². The zero-order valence-corrected chi connectivity index (χ0v) is 12.5. The summed E-state index contributed by atoms with van der Waals surface area (Å²) in [5, 5.41) is 5.54. The molecule has 0 radical (unpaired) electrons. The molecule has 1 aromatic heterocycles. The van der Waals surface area contributed by atoms with E-state index < -0.39 is 0 Å². The summed E-state index contributed by atoms with van der Waals surface area (Å²) in [7, 11) is 0. The molecule has 0 saturated heterocycles. The Bertz CT molecular complexity index is 499. The van der Waals surface area contributed by atoms with Gasteiger partial charge in [-0.25, -0.2) is 4.39 Å². The third-order valence-electron chi connectivity index (χ3n) is 2.83. The van der Waals surface area contributed by atoms with Crippen LogP contribution in [0.1, 0.15) is 23.4 Å². The zero-order valence-electron chi connectivity index (χ0n) is 10.1. The predicted molar refractivity (Wildman–Crippen MR) is 78.5 cm³/mol. The molecule has 1 aromatic carbocycles. The van der Waals surface area contributed by atoms with Crippen molar-refractivity contribution in [3.05, 3.63) is 56.4 Å². The molecule has 0 aliphatic heterocycles. The first-order valence-electron chi connectivity index (χ1n) is 5.87. The zero-order chi connectivity index (χ0) is 13.0. The second-order valence-corrected chi connectivity index (χ2v) is 6.06. The van der Waals surface area contributed by atoms with Gasteiger partial charge in [0.2, 0.25) is 0 Å². The molecule has 1 unspecified atom stereocenters. The van der Waals surface area contributed by atoms with Crippen molar-refractivity contribution in [2.45, 2.75) is 19.4 Å². The molecule has 4 heteroatoms. The molecule has 1 heterocycles. The van der Waals surface area contributed by atoms with Crippen molar-refractivity contribution < 1.29 is 4.39 Å². The fraction of sp³-hybridized carbons (Fsp3) is 0.286. The fourth-order valence-corrected chi connectivity index (χ4v) is 3.23. The highest BCUT2D eigenvalue weighted by Gasteiger charge is 2.09. The molecular weight excluding hydrogens is 313 g/mol. The van der Waals surface area contributed by atoms with Crippen LogP contribution in [-0.4, -0.2) is 6.54 Å². The average molecular weight is 328 g/mol. The summed E-state index contributed by atoms with van der Waals surface area (Å²) in [5.41, 5.74) is 1.09. The highest BCUT2D eigenvalue weighted by molar-refractivity contribution is 9.10. The second-order valence-electron chi connectivity index (χ2n) is 4.17. The van der Waals surface area contributed by atoms with Crippen LogP contribution in [-0.2, 0) is 6.42 Å². The number of hydrogen-bond donors (Lipinski definition) is 1. The van der Waals surface area contributed by atoms with Gasteiger partial charge in [0.25, 0.3) is 0 Å². The van der Waals surface area contributed by atoms with Crippen LogP contribution >= 0.6 is 27.3 Å². The Morgan fingerprint density at radius 1 is 1.39 bits per heavy atom. The van der Waals surface area contributed by atoms with E-state index in [1.54, 1.807) is 11.3 Å². The third-order valence-corrected chi connectivity index (χ3v) is 4.45.